The maximum Gasteiger partial charge on any atom is 0.336 e. The van der Waals surface area contributed by atoms with Crippen LogP contribution in [0.3, 0.4) is 0 Å². The third-order valence-electron chi connectivity index (χ3n) is 2.11. The smallest absolute Gasteiger partial charge is 0.336 e. The molecule has 0 saturated heterocycles. The van der Waals surface area contributed by atoms with Gasteiger partial charge in [0, 0.05) is 12.5 Å². The molecule has 0 aliphatic heterocycles. The number of aryl methyl sites for hydroxylation is 2. The summed E-state index contributed by atoms with van der Waals surface area (Å²) in [7, 11) is 0. The third-order valence-corrected chi connectivity index (χ3v) is 2.11. The van der Waals surface area contributed by atoms with Crippen LogP contribution in [0.15, 0.2) is 21.3 Å². The molecule has 1 heterocycles. The van der Waals surface area contributed by atoms with Crippen molar-refractivity contribution in [2.75, 3.05) is 6.61 Å². The highest BCUT2D eigenvalue weighted by Gasteiger charge is 2.03. The zero-order valence-corrected chi connectivity index (χ0v) is 9.62. The fourth-order valence-corrected chi connectivity index (χ4v) is 1.49. The first-order chi connectivity index (χ1) is 7.61. The van der Waals surface area contributed by atoms with Crippen LogP contribution in [0.1, 0.15) is 31.1 Å². The Hall–Kier alpha value is -1.58. The van der Waals surface area contributed by atoms with Crippen LogP contribution in [0, 0.1) is 6.92 Å². The summed E-state index contributed by atoms with van der Waals surface area (Å²) in [4.78, 5) is 22.1. The van der Waals surface area contributed by atoms with Gasteiger partial charge in [-0.25, -0.2) is 4.79 Å². The summed E-state index contributed by atoms with van der Waals surface area (Å²) in [6.45, 7) is 3.92. The van der Waals surface area contributed by atoms with Crippen molar-refractivity contribution < 1.29 is 13.9 Å². The summed E-state index contributed by atoms with van der Waals surface area (Å²) in [5.41, 5.74) is 0.559. The minimum atomic E-state index is -0.342. The van der Waals surface area contributed by atoms with Crippen LogP contribution in [0.4, 0.5) is 0 Å². The molecule has 88 valence electrons. The van der Waals surface area contributed by atoms with Crippen LogP contribution in [0.2, 0.25) is 0 Å². The van der Waals surface area contributed by atoms with E-state index in [1.54, 1.807) is 13.8 Å². The van der Waals surface area contributed by atoms with E-state index in [9.17, 15) is 9.59 Å². The number of hydrogen-bond donors (Lipinski definition) is 0. The van der Waals surface area contributed by atoms with Gasteiger partial charge in [-0.05, 0) is 38.3 Å². The molecule has 0 amide bonds. The SMILES string of the molecule is CCOC(=O)CCCc1cc(C)oc(=O)c1. The van der Waals surface area contributed by atoms with Crippen LogP contribution in [0.5, 0.6) is 0 Å². The number of esters is 1. The van der Waals surface area contributed by atoms with E-state index >= 15 is 0 Å². The van der Waals surface area contributed by atoms with Gasteiger partial charge >= 0.3 is 11.6 Å². The van der Waals surface area contributed by atoms with Gasteiger partial charge in [0.2, 0.25) is 0 Å². The van der Waals surface area contributed by atoms with Crippen LogP contribution < -0.4 is 5.63 Å². The molecule has 0 aliphatic carbocycles. The topological polar surface area (TPSA) is 56.5 Å². The van der Waals surface area contributed by atoms with Crippen LogP contribution in [-0.4, -0.2) is 12.6 Å². The molecule has 16 heavy (non-hydrogen) atoms. The average molecular weight is 224 g/mol. The van der Waals surface area contributed by atoms with Gasteiger partial charge in [-0.3, -0.25) is 4.79 Å². The van der Waals surface area contributed by atoms with Gasteiger partial charge in [-0.2, -0.15) is 0 Å². The lowest BCUT2D eigenvalue weighted by Gasteiger charge is -2.02. The van der Waals surface area contributed by atoms with Crippen molar-refractivity contribution in [2.45, 2.75) is 33.1 Å². The van der Waals surface area contributed by atoms with Gasteiger partial charge in [0.05, 0.1) is 6.61 Å². The second-order valence-corrected chi connectivity index (χ2v) is 3.55. The van der Waals surface area contributed by atoms with E-state index < -0.39 is 0 Å². The maximum atomic E-state index is 11.1. The molecular formula is C12H16O4. The lowest BCUT2D eigenvalue weighted by Crippen LogP contribution is -2.05. The van der Waals surface area contributed by atoms with Gasteiger partial charge in [0.1, 0.15) is 5.76 Å². The van der Waals surface area contributed by atoms with Crippen LogP contribution in [0.25, 0.3) is 0 Å². The number of ether oxygens (including phenoxy) is 1. The van der Waals surface area contributed by atoms with E-state index in [4.69, 9.17) is 9.15 Å². The summed E-state index contributed by atoms with van der Waals surface area (Å²) in [5.74, 6) is 0.404. The quantitative estimate of drug-likeness (QED) is 0.716. The number of carbonyl (C=O) groups excluding carboxylic acids is 1. The van der Waals surface area contributed by atoms with E-state index in [1.807, 2.05) is 6.07 Å². The number of hydrogen-bond acceptors (Lipinski definition) is 4. The molecule has 1 rings (SSSR count). The van der Waals surface area contributed by atoms with Crippen molar-refractivity contribution in [1.29, 1.82) is 0 Å². The molecule has 0 radical (unpaired) electrons. The zero-order valence-electron chi connectivity index (χ0n) is 9.62. The molecule has 0 spiro atoms. The van der Waals surface area contributed by atoms with Crippen molar-refractivity contribution in [3.8, 4) is 0 Å². The molecule has 4 heteroatoms. The predicted octanol–water partition coefficient (Wildman–Crippen LogP) is 1.83. The van der Waals surface area contributed by atoms with E-state index in [-0.39, 0.29) is 11.6 Å². The van der Waals surface area contributed by atoms with Gasteiger partial charge < -0.3 is 9.15 Å². The van der Waals surface area contributed by atoms with E-state index in [0.29, 0.717) is 31.6 Å². The maximum absolute atomic E-state index is 11.1. The Morgan fingerprint density at radius 1 is 1.44 bits per heavy atom. The Kier molecular flexibility index (Phi) is 4.76. The van der Waals surface area contributed by atoms with Crippen molar-refractivity contribution in [3.05, 3.63) is 33.9 Å². The lowest BCUT2D eigenvalue weighted by atomic mass is 10.1. The summed E-state index contributed by atoms with van der Waals surface area (Å²) in [6.07, 6.45) is 1.75. The number of rotatable bonds is 5. The standard InChI is InChI=1S/C12H16O4/c1-3-15-11(13)6-4-5-10-7-9(2)16-12(14)8-10/h7-8H,3-6H2,1-2H3. The van der Waals surface area contributed by atoms with E-state index in [1.165, 1.54) is 6.07 Å². The molecule has 0 unspecified atom stereocenters. The highest BCUT2D eigenvalue weighted by Crippen LogP contribution is 2.05. The zero-order chi connectivity index (χ0) is 12.0. The van der Waals surface area contributed by atoms with E-state index in [0.717, 1.165) is 5.56 Å². The van der Waals surface area contributed by atoms with Crippen molar-refractivity contribution >= 4 is 5.97 Å². The molecule has 0 fully saturated rings. The normalized spacial score (nSPS) is 10.1. The van der Waals surface area contributed by atoms with Crippen LogP contribution >= 0.6 is 0 Å². The van der Waals surface area contributed by atoms with Gasteiger partial charge in [0.25, 0.3) is 0 Å². The Bertz CT molecular complexity index is 406. The molecule has 0 saturated carbocycles. The van der Waals surface area contributed by atoms with Gasteiger partial charge in [0.15, 0.2) is 0 Å². The monoisotopic (exact) mass is 224 g/mol. The van der Waals surface area contributed by atoms with Gasteiger partial charge in [-0.1, -0.05) is 0 Å². The minimum absolute atomic E-state index is 0.192. The lowest BCUT2D eigenvalue weighted by molar-refractivity contribution is -0.143. The summed E-state index contributed by atoms with van der Waals surface area (Å²) in [6, 6.07) is 3.27. The fraction of sp³-hybridized carbons (Fsp3) is 0.500. The third kappa shape index (κ3) is 4.29. The summed E-state index contributed by atoms with van der Waals surface area (Å²) in [5, 5.41) is 0. The molecular weight excluding hydrogens is 208 g/mol. The Morgan fingerprint density at radius 2 is 2.19 bits per heavy atom. The molecule has 0 bridgehead atoms. The molecule has 1 aromatic rings. The second-order valence-electron chi connectivity index (χ2n) is 3.55. The Labute approximate surface area is 94.2 Å². The first-order valence-electron chi connectivity index (χ1n) is 5.38. The molecule has 0 aromatic carbocycles. The molecule has 0 atom stereocenters. The van der Waals surface area contributed by atoms with Gasteiger partial charge in [-0.15, -0.1) is 0 Å². The molecule has 0 N–H and O–H groups in total. The largest absolute Gasteiger partial charge is 0.466 e. The van der Waals surface area contributed by atoms with Crippen molar-refractivity contribution in [3.63, 3.8) is 0 Å². The highest BCUT2D eigenvalue weighted by atomic mass is 16.5. The Balaban J connectivity index is 2.43. The second kappa shape index (κ2) is 6.10. The van der Waals surface area contributed by atoms with E-state index in [2.05, 4.69) is 0 Å². The predicted molar refractivity (Wildman–Crippen MR) is 59.3 cm³/mol. The Morgan fingerprint density at radius 3 is 2.81 bits per heavy atom. The van der Waals surface area contributed by atoms with Crippen molar-refractivity contribution in [2.24, 2.45) is 0 Å². The summed E-state index contributed by atoms with van der Waals surface area (Å²) < 4.78 is 9.64. The van der Waals surface area contributed by atoms with Crippen LogP contribution in [-0.2, 0) is 16.0 Å². The number of carbonyl (C=O) groups is 1. The molecule has 1 aromatic heterocycles. The minimum Gasteiger partial charge on any atom is -0.466 e. The first kappa shape index (κ1) is 12.5. The first-order valence-corrected chi connectivity index (χ1v) is 5.38. The molecule has 0 aliphatic rings. The average Bonchev–Trinajstić information content (AvgIpc) is 2.16. The molecule has 4 nitrogen and oxygen atoms in total. The fourth-order valence-electron chi connectivity index (χ4n) is 1.49. The summed E-state index contributed by atoms with van der Waals surface area (Å²) >= 11 is 0. The highest BCUT2D eigenvalue weighted by molar-refractivity contribution is 5.69. The van der Waals surface area contributed by atoms with Crippen molar-refractivity contribution in [1.82, 2.24) is 0 Å².